The Hall–Kier alpha value is -1.89. The van der Waals surface area contributed by atoms with Gasteiger partial charge in [0, 0.05) is 11.5 Å². The van der Waals surface area contributed by atoms with Gasteiger partial charge < -0.3 is 4.74 Å². The minimum absolute atomic E-state index is 0.146. The van der Waals surface area contributed by atoms with Crippen LogP contribution in [-0.4, -0.2) is 26.3 Å². The smallest absolute Gasteiger partial charge is 0.192 e. The van der Waals surface area contributed by atoms with E-state index in [-0.39, 0.29) is 35.4 Å². The molecule has 0 spiro atoms. The van der Waals surface area contributed by atoms with E-state index in [0.29, 0.717) is 17.5 Å². The molecule has 2 fully saturated rings. The summed E-state index contributed by atoms with van der Waals surface area (Å²) in [4.78, 5) is 12.5. The van der Waals surface area contributed by atoms with Crippen LogP contribution in [0.5, 0.6) is 5.75 Å². The Kier molecular flexibility index (Phi) is 6.42. The fraction of sp³-hybridized carbons (Fsp3) is 0.625. The number of hydrogen-bond donors (Lipinski definition) is 0. The molecule has 0 radical (unpaired) electrons. The second kappa shape index (κ2) is 8.93. The largest absolute Gasteiger partial charge is 0.483 e. The number of ether oxygens (including phenoxy) is 1. The number of halogens is 1. The van der Waals surface area contributed by atoms with Crippen molar-refractivity contribution in [3.8, 4) is 5.75 Å². The van der Waals surface area contributed by atoms with Crippen LogP contribution in [0.15, 0.2) is 29.4 Å². The number of thioether (sulfide) groups is 1. The minimum atomic E-state index is -0.389. The lowest BCUT2D eigenvalue weighted by Crippen LogP contribution is -2.25. The van der Waals surface area contributed by atoms with Crippen molar-refractivity contribution in [1.29, 1.82) is 0 Å². The highest BCUT2D eigenvalue weighted by atomic mass is 32.2. The molecule has 1 aromatic carbocycles. The molecule has 2 aromatic rings. The van der Waals surface area contributed by atoms with Gasteiger partial charge in [-0.2, -0.15) is 0 Å². The van der Waals surface area contributed by atoms with E-state index in [2.05, 4.69) is 21.7 Å². The highest BCUT2D eigenvalue weighted by Gasteiger charge is 2.43. The number of para-hydroxylation sites is 1. The Morgan fingerprint density at radius 1 is 1.26 bits per heavy atom. The molecule has 4 rings (SSSR count). The molecule has 1 aromatic heterocycles. The summed E-state index contributed by atoms with van der Waals surface area (Å²) >= 11 is 1.45. The van der Waals surface area contributed by atoms with Crippen LogP contribution in [0.25, 0.3) is 0 Å². The summed E-state index contributed by atoms with van der Waals surface area (Å²) in [6.07, 6.45) is 5.21. The zero-order valence-electron chi connectivity index (χ0n) is 18.8. The van der Waals surface area contributed by atoms with E-state index in [4.69, 9.17) is 4.74 Å². The molecular weight excluding hydrogens is 413 g/mol. The van der Waals surface area contributed by atoms with Gasteiger partial charge in [0.15, 0.2) is 22.5 Å². The molecule has 1 heterocycles. The molecule has 2 aliphatic carbocycles. The number of nitrogens with zero attached hydrogens (tertiary/aromatic N) is 3. The van der Waals surface area contributed by atoms with Crippen LogP contribution < -0.4 is 4.74 Å². The van der Waals surface area contributed by atoms with E-state index in [0.717, 1.165) is 17.0 Å². The number of fused-ring (bicyclic) bond motifs is 2. The van der Waals surface area contributed by atoms with Gasteiger partial charge in [0.1, 0.15) is 12.4 Å². The summed E-state index contributed by atoms with van der Waals surface area (Å²) in [5, 5.41) is 9.55. The maximum atomic E-state index is 14.0. The fourth-order valence-electron chi connectivity index (χ4n) is 5.04. The number of rotatable bonds is 8. The van der Waals surface area contributed by atoms with E-state index >= 15 is 0 Å². The molecule has 0 amide bonds. The molecule has 168 valence electrons. The lowest BCUT2D eigenvalue weighted by atomic mass is 9.84. The first kappa shape index (κ1) is 22.3. The molecule has 0 saturated heterocycles. The highest BCUT2D eigenvalue weighted by molar-refractivity contribution is 7.99. The van der Waals surface area contributed by atoms with Crippen molar-refractivity contribution in [2.75, 3.05) is 5.75 Å². The molecule has 4 unspecified atom stereocenters. The topological polar surface area (TPSA) is 57.0 Å². The average molecular weight is 446 g/mol. The summed E-state index contributed by atoms with van der Waals surface area (Å²) in [6, 6.07) is 6.62. The minimum Gasteiger partial charge on any atom is -0.483 e. The fourth-order valence-corrected chi connectivity index (χ4v) is 6.24. The maximum Gasteiger partial charge on any atom is 0.192 e. The first-order chi connectivity index (χ1) is 14.7. The zero-order chi connectivity index (χ0) is 22.2. The van der Waals surface area contributed by atoms with Crippen molar-refractivity contribution in [3.63, 3.8) is 0 Å². The SMILES string of the molecule is CC(C1CC2CCC1C2)n1c(COc2ccccc2F)nnc1SCC(=O)C(C)(C)C. The van der Waals surface area contributed by atoms with Crippen LogP contribution in [0.3, 0.4) is 0 Å². The van der Waals surface area contributed by atoms with Crippen molar-refractivity contribution in [3.05, 3.63) is 35.9 Å². The van der Waals surface area contributed by atoms with Crippen molar-refractivity contribution < 1.29 is 13.9 Å². The third kappa shape index (κ3) is 4.81. The molecule has 5 nitrogen and oxygen atoms in total. The zero-order valence-corrected chi connectivity index (χ0v) is 19.6. The van der Waals surface area contributed by atoms with E-state index in [9.17, 15) is 9.18 Å². The van der Waals surface area contributed by atoms with Gasteiger partial charge in [0.2, 0.25) is 0 Å². The molecule has 7 heteroatoms. The normalized spacial score (nSPS) is 23.8. The third-order valence-electron chi connectivity index (χ3n) is 6.92. The summed E-state index contributed by atoms with van der Waals surface area (Å²) < 4.78 is 21.9. The molecule has 2 saturated carbocycles. The number of benzene rings is 1. The Morgan fingerprint density at radius 2 is 2.03 bits per heavy atom. The molecule has 31 heavy (non-hydrogen) atoms. The highest BCUT2D eigenvalue weighted by Crippen LogP contribution is 2.52. The van der Waals surface area contributed by atoms with Gasteiger partial charge in [0.25, 0.3) is 0 Å². The Bertz CT molecular complexity index is 939. The molecule has 2 aliphatic rings. The summed E-state index contributed by atoms with van der Waals surface area (Å²) in [5.41, 5.74) is -0.384. The van der Waals surface area contributed by atoms with E-state index in [1.807, 2.05) is 20.8 Å². The van der Waals surface area contributed by atoms with Gasteiger partial charge in [-0.15, -0.1) is 10.2 Å². The van der Waals surface area contributed by atoms with Crippen LogP contribution in [0.2, 0.25) is 0 Å². The van der Waals surface area contributed by atoms with Crippen LogP contribution in [0.1, 0.15) is 65.2 Å². The number of ketones is 1. The van der Waals surface area contributed by atoms with Gasteiger partial charge in [0.05, 0.1) is 5.75 Å². The van der Waals surface area contributed by atoms with Gasteiger partial charge in [-0.05, 0) is 56.1 Å². The number of aromatic nitrogens is 3. The lowest BCUT2D eigenvalue weighted by Gasteiger charge is -2.30. The predicted octanol–water partition coefficient (Wildman–Crippen LogP) is 5.70. The molecule has 0 aliphatic heterocycles. The van der Waals surface area contributed by atoms with Gasteiger partial charge in [-0.1, -0.05) is 51.1 Å². The standard InChI is InChI=1S/C24H32FN3O2S/c1-15(18-12-16-9-10-17(18)11-16)28-22(13-30-20-8-6-5-7-19(20)25)26-27-23(28)31-14-21(29)24(2,3)4/h5-8,15-18H,9-14H2,1-4H3. The summed E-state index contributed by atoms with van der Waals surface area (Å²) in [5.74, 6) is 3.22. The Morgan fingerprint density at radius 3 is 2.68 bits per heavy atom. The first-order valence-corrected chi connectivity index (χ1v) is 12.2. The first-order valence-electron chi connectivity index (χ1n) is 11.2. The second-order valence-electron chi connectivity index (χ2n) is 10.0. The molecule has 2 bridgehead atoms. The van der Waals surface area contributed by atoms with Crippen LogP contribution in [-0.2, 0) is 11.4 Å². The van der Waals surface area contributed by atoms with Crippen molar-refractivity contribution >= 4 is 17.5 Å². The number of Topliss-reactive ketones (excluding diaryl/α,β-unsaturated/α-hetero) is 1. The number of carbonyl (C=O) groups is 1. The lowest BCUT2D eigenvalue weighted by molar-refractivity contribution is -0.123. The second-order valence-corrected chi connectivity index (χ2v) is 11.0. The van der Waals surface area contributed by atoms with Gasteiger partial charge in [-0.3, -0.25) is 9.36 Å². The van der Waals surface area contributed by atoms with Gasteiger partial charge in [-0.25, -0.2) is 4.39 Å². The molecule has 4 atom stereocenters. The van der Waals surface area contributed by atoms with Crippen LogP contribution in [0.4, 0.5) is 4.39 Å². The van der Waals surface area contributed by atoms with Crippen LogP contribution >= 0.6 is 11.8 Å². The molecule has 0 N–H and O–H groups in total. The van der Waals surface area contributed by atoms with Crippen molar-refractivity contribution in [1.82, 2.24) is 14.8 Å². The average Bonchev–Trinajstić information content (AvgIpc) is 3.45. The van der Waals surface area contributed by atoms with E-state index in [1.54, 1.807) is 18.2 Å². The number of carbonyl (C=O) groups excluding carboxylic acids is 1. The maximum absolute atomic E-state index is 14.0. The molecular formula is C24H32FN3O2S. The number of hydrogen-bond acceptors (Lipinski definition) is 5. The van der Waals surface area contributed by atoms with E-state index in [1.165, 1.54) is 43.5 Å². The summed E-state index contributed by atoms with van der Waals surface area (Å²) in [7, 11) is 0. The van der Waals surface area contributed by atoms with Crippen LogP contribution in [0, 0.1) is 29.0 Å². The quantitative estimate of drug-likeness (QED) is 0.488. The van der Waals surface area contributed by atoms with Crippen molar-refractivity contribution in [2.45, 2.75) is 71.2 Å². The Labute approximate surface area is 188 Å². The summed E-state index contributed by atoms with van der Waals surface area (Å²) in [6.45, 7) is 8.19. The van der Waals surface area contributed by atoms with Crippen molar-refractivity contribution in [2.24, 2.45) is 23.2 Å². The monoisotopic (exact) mass is 445 g/mol. The predicted molar refractivity (Wildman–Crippen MR) is 120 cm³/mol. The van der Waals surface area contributed by atoms with E-state index < -0.39 is 0 Å². The van der Waals surface area contributed by atoms with Gasteiger partial charge >= 0.3 is 0 Å². The third-order valence-corrected chi connectivity index (χ3v) is 7.86. The Balaban J connectivity index is 1.56.